The molecule has 0 aliphatic heterocycles. The molecule has 0 aliphatic carbocycles. The van der Waals surface area contributed by atoms with Gasteiger partial charge in [0.1, 0.15) is 0 Å². The van der Waals surface area contributed by atoms with Crippen LogP contribution in [0.1, 0.15) is 0 Å². The summed E-state index contributed by atoms with van der Waals surface area (Å²) in [6.07, 6.45) is 6.29. The zero-order valence-corrected chi connectivity index (χ0v) is 14.7. The number of fused-ring (bicyclic) bond motifs is 1. The maximum atomic E-state index is 13.0. The summed E-state index contributed by atoms with van der Waals surface area (Å²) in [4.78, 5) is 4.52. The van der Waals surface area contributed by atoms with Gasteiger partial charge in [-0.1, -0.05) is 18.2 Å². The third kappa shape index (κ3) is 2.37. The second-order valence-corrected chi connectivity index (χ2v) is 7.92. The van der Waals surface area contributed by atoms with Crippen molar-refractivity contribution in [2.24, 2.45) is 0 Å². The first-order valence-corrected chi connectivity index (χ1v) is 9.30. The molecular weight excluding hydrogens is 392 g/mol. The number of benzene rings is 1. The molecule has 0 saturated heterocycles. The van der Waals surface area contributed by atoms with Crippen molar-refractivity contribution in [1.29, 1.82) is 0 Å². The van der Waals surface area contributed by atoms with Crippen LogP contribution in [0.4, 0.5) is 0 Å². The van der Waals surface area contributed by atoms with Gasteiger partial charge in [-0.3, -0.25) is 0 Å². The summed E-state index contributed by atoms with van der Waals surface area (Å²) in [6.45, 7) is 0. The van der Waals surface area contributed by atoms with Crippen molar-refractivity contribution < 1.29 is 12.8 Å². The van der Waals surface area contributed by atoms with Gasteiger partial charge in [-0.05, 0) is 40.2 Å². The summed E-state index contributed by atoms with van der Waals surface area (Å²) < 4.78 is 33.1. The van der Waals surface area contributed by atoms with Crippen LogP contribution < -0.4 is 0 Å². The van der Waals surface area contributed by atoms with Crippen molar-refractivity contribution >= 4 is 37.0 Å². The number of furan rings is 1. The van der Waals surface area contributed by atoms with Gasteiger partial charge in [0.2, 0.25) is 0 Å². The van der Waals surface area contributed by atoms with Gasteiger partial charge in [0.15, 0.2) is 5.65 Å². The molecule has 0 N–H and O–H groups in total. The molecule has 0 saturated carbocycles. The maximum Gasteiger partial charge on any atom is 0.269 e. The SMILES string of the molecule is O=S(=O)(c1ccccc1)n1cc(-c2ccoc2)c2cc(Br)cnc21. The highest BCUT2D eigenvalue weighted by atomic mass is 79.9. The van der Waals surface area contributed by atoms with Gasteiger partial charge >= 0.3 is 0 Å². The van der Waals surface area contributed by atoms with E-state index in [1.165, 1.54) is 3.97 Å². The number of pyridine rings is 1. The molecule has 24 heavy (non-hydrogen) atoms. The van der Waals surface area contributed by atoms with Gasteiger partial charge in [0.05, 0.1) is 17.4 Å². The van der Waals surface area contributed by atoms with Crippen molar-refractivity contribution in [3.63, 3.8) is 0 Å². The van der Waals surface area contributed by atoms with E-state index < -0.39 is 10.0 Å². The van der Waals surface area contributed by atoms with Gasteiger partial charge in [-0.2, -0.15) is 0 Å². The standard InChI is InChI=1S/C17H11BrN2O3S/c18-13-8-15-16(12-6-7-23-11-12)10-20(17(15)19-9-13)24(21,22)14-4-2-1-3-5-14/h1-11H. The largest absolute Gasteiger partial charge is 0.472 e. The van der Waals surface area contributed by atoms with Gasteiger partial charge < -0.3 is 4.42 Å². The maximum absolute atomic E-state index is 13.0. The highest BCUT2D eigenvalue weighted by molar-refractivity contribution is 9.10. The van der Waals surface area contributed by atoms with E-state index >= 15 is 0 Å². The molecule has 0 fully saturated rings. The Morgan fingerprint density at radius 3 is 2.62 bits per heavy atom. The van der Waals surface area contributed by atoms with Crippen molar-refractivity contribution in [2.75, 3.05) is 0 Å². The van der Waals surface area contributed by atoms with Gasteiger partial charge in [-0.25, -0.2) is 17.4 Å². The third-order valence-electron chi connectivity index (χ3n) is 3.71. The first-order chi connectivity index (χ1) is 11.6. The van der Waals surface area contributed by atoms with Crippen LogP contribution in [-0.2, 0) is 10.0 Å². The van der Waals surface area contributed by atoms with E-state index in [2.05, 4.69) is 20.9 Å². The van der Waals surface area contributed by atoms with Crippen LogP contribution >= 0.6 is 15.9 Å². The summed E-state index contributed by atoms with van der Waals surface area (Å²) in [5.74, 6) is 0. The lowest BCUT2D eigenvalue weighted by molar-refractivity contribution is 0.568. The summed E-state index contributed by atoms with van der Waals surface area (Å²) >= 11 is 3.39. The monoisotopic (exact) mass is 402 g/mol. The van der Waals surface area contributed by atoms with Crippen LogP contribution in [0.25, 0.3) is 22.2 Å². The van der Waals surface area contributed by atoms with Crippen LogP contribution in [0.2, 0.25) is 0 Å². The molecule has 1 aromatic carbocycles. The first-order valence-electron chi connectivity index (χ1n) is 7.07. The van der Waals surface area contributed by atoms with Crippen LogP contribution in [0, 0.1) is 0 Å². The Hall–Kier alpha value is -2.38. The Balaban J connectivity index is 2.04. The van der Waals surface area contributed by atoms with E-state index in [1.807, 2.05) is 6.07 Å². The number of hydrogen-bond donors (Lipinski definition) is 0. The van der Waals surface area contributed by atoms with Gasteiger partial charge in [-0.15, -0.1) is 0 Å². The second-order valence-electron chi connectivity index (χ2n) is 5.19. The van der Waals surface area contributed by atoms with E-state index in [4.69, 9.17) is 4.42 Å². The average Bonchev–Trinajstić information content (AvgIpc) is 3.22. The molecule has 0 unspecified atom stereocenters. The molecule has 0 aliphatic rings. The van der Waals surface area contributed by atoms with Crippen molar-refractivity contribution in [3.8, 4) is 11.1 Å². The number of aromatic nitrogens is 2. The van der Waals surface area contributed by atoms with Gasteiger partial charge in [0.25, 0.3) is 10.0 Å². The van der Waals surface area contributed by atoms with Crippen LogP contribution in [0.15, 0.2) is 81.2 Å². The molecule has 4 aromatic rings. The van der Waals surface area contributed by atoms with E-state index in [9.17, 15) is 8.42 Å². The van der Waals surface area contributed by atoms with Crippen molar-refractivity contribution in [3.05, 3.63) is 71.9 Å². The quantitative estimate of drug-likeness (QED) is 0.512. The van der Waals surface area contributed by atoms with E-state index in [1.54, 1.807) is 61.3 Å². The lowest BCUT2D eigenvalue weighted by Crippen LogP contribution is -2.12. The predicted octanol–water partition coefficient (Wildman–Crippen LogP) is 4.30. The van der Waals surface area contributed by atoms with Crippen LogP contribution in [0.5, 0.6) is 0 Å². The van der Waals surface area contributed by atoms with Crippen LogP contribution in [0.3, 0.4) is 0 Å². The highest BCUT2D eigenvalue weighted by Crippen LogP contribution is 2.33. The molecule has 0 spiro atoms. The molecule has 0 amide bonds. The molecule has 4 rings (SSSR count). The molecular formula is C17H11BrN2O3S. The summed E-state index contributed by atoms with van der Waals surface area (Å²) in [5, 5.41) is 0.727. The average molecular weight is 403 g/mol. The van der Waals surface area contributed by atoms with E-state index in [-0.39, 0.29) is 4.90 Å². The Kier molecular flexibility index (Phi) is 3.54. The first kappa shape index (κ1) is 15.2. The molecule has 3 aromatic heterocycles. The number of nitrogens with zero attached hydrogens (tertiary/aromatic N) is 2. The van der Waals surface area contributed by atoms with Crippen LogP contribution in [-0.4, -0.2) is 17.4 Å². The highest BCUT2D eigenvalue weighted by Gasteiger charge is 2.23. The number of hydrogen-bond acceptors (Lipinski definition) is 4. The summed E-state index contributed by atoms with van der Waals surface area (Å²) in [5.41, 5.74) is 1.91. The molecule has 3 heterocycles. The minimum atomic E-state index is -3.74. The fourth-order valence-electron chi connectivity index (χ4n) is 2.59. The van der Waals surface area contributed by atoms with Crippen molar-refractivity contribution in [2.45, 2.75) is 4.90 Å². The topological polar surface area (TPSA) is 65.1 Å². The predicted molar refractivity (Wildman–Crippen MR) is 94.2 cm³/mol. The second kappa shape index (κ2) is 5.61. The third-order valence-corrected chi connectivity index (χ3v) is 5.81. The Labute approximate surface area is 146 Å². The minimum absolute atomic E-state index is 0.213. The zero-order chi connectivity index (χ0) is 16.7. The summed E-state index contributed by atoms with van der Waals surface area (Å²) in [6, 6.07) is 11.9. The fraction of sp³-hybridized carbons (Fsp3) is 0. The normalized spacial score (nSPS) is 11.9. The molecule has 0 atom stereocenters. The Bertz CT molecular complexity index is 1120. The Morgan fingerprint density at radius 1 is 1.12 bits per heavy atom. The molecule has 7 heteroatoms. The van der Waals surface area contributed by atoms with Crippen molar-refractivity contribution in [1.82, 2.24) is 8.96 Å². The van der Waals surface area contributed by atoms with Gasteiger partial charge in [0, 0.05) is 33.4 Å². The lowest BCUT2D eigenvalue weighted by Gasteiger charge is -2.06. The molecule has 0 radical (unpaired) electrons. The molecule has 0 bridgehead atoms. The smallest absolute Gasteiger partial charge is 0.269 e. The number of halogens is 1. The number of rotatable bonds is 3. The van der Waals surface area contributed by atoms with E-state index in [0.717, 1.165) is 21.0 Å². The Morgan fingerprint density at radius 2 is 1.92 bits per heavy atom. The minimum Gasteiger partial charge on any atom is -0.472 e. The molecule has 5 nitrogen and oxygen atoms in total. The molecule has 120 valence electrons. The lowest BCUT2D eigenvalue weighted by atomic mass is 10.1. The zero-order valence-electron chi connectivity index (χ0n) is 12.3. The fourth-order valence-corrected chi connectivity index (χ4v) is 4.27. The van der Waals surface area contributed by atoms with E-state index in [0.29, 0.717) is 5.65 Å². The summed E-state index contributed by atoms with van der Waals surface area (Å²) in [7, 11) is -3.74.